The van der Waals surface area contributed by atoms with E-state index >= 15 is 0 Å². The number of nitrogens with one attached hydrogen (secondary N) is 2. The summed E-state index contributed by atoms with van der Waals surface area (Å²) in [6, 6.07) is 2.94. The lowest BCUT2D eigenvalue weighted by atomic mass is 10.0. The summed E-state index contributed by atoms with van der Waals surface area (Å²) in [5, 5.41) is 33.1. The van der Waals surface area contributed by atoms with E-state index in [0.717, 1.165) is 0 Å². The van der Waals surface area contributed by atoms with Gasteiger partial charge >= 0.3 is 5.97 Å². The first-order chi connectivity index (χ1) is 9.85. The van der Waals surface area contributed by atoms with Crippen LogP contribution in [0.15, 0.2) is 18.2 Å². The highest BCUT2D eigenvalue weighted by molar-refractivity contribution is 5.85. The molecule has 5 N–H and O–H groups in total. The second-order valence-electron chi connectivity index (χ2n) is 4.89. The van der Waals surface area contributed by atoms with E-state index in [2.05, 4.69) is 10.6 Å². The number of phenolic OH excluding ortho intramolecular Hbond substituents is 2. The summed E-state index contributed by atoms with van der Waals surface area (Å²) >= 11 is 0. The van der Waals surface area contributed by atoms with Crippen LogP contribution < -0.4 is 10.6 Å². The van der Waals surface area contributed by atoms with E-state index in [4.69, 9.17) is 0 Å². The highest BCUT2D eigenvalue weighted by Crippen LogP contribution is 2.25. The van der Waals surface area contributed by atoms with Gasteiger partial charge in [0.15, 0.2) is 11.5 Å². The number of carbonyl (C=O) groups is 2. The van der Waals surface area contributed by atoms with Gasteiger partial charge in [-0.2, -0.15) is 0 Å². The zero-order valence-corrected chi connectivity index (χ0v) is 12.0. The van der Waals surface area contributed by atoms with Crippen LogP contribution in [0.1, 0.15) is 12.5 Å². The van der Waals surface area contributed by atoms with Crippen molar-refractivity contribution >= 4 is 11.9 Å². The average molecular weight is 296 g/mol. The summed E-state index contributed by atoms with van der Waals surface area (Å²) < 4.78 is 0. The molecule has 1 aromatic rings. The van der Waals surface area contributed by atoms with Crippen LogP contribution in [0.2, 0.25) is 0 Å². The number of amides is 1. The first-order valence-electron chi connectivity index (χ1n) is 6.53. The van der Waals surface area contributed by atoms with Crippen molar-refractivity contribution in [2.24, 2.45) is 5.92 Å². The number of aliphatic carboxylic acids is 1. The molecule has 1 rings (SSSR count). The lowest BCUT2D eigenvalue weighted by molar-refractivity contribution is -0.142. The van der Waals surface area contributed by atoms with Gasteiger partial charge in [-0.3, -0.25) is 4.79 Å². The predicted octanol–water partition coefficient (Wildman–Crippen LogP) is 0.0652. The molecule has 2 atom stereocenters. The van der Waals surface area contributed by atoms with E-state index in [-0.39, 0.29) is 29.7 Å². The number of aromatic hydroxyl groups is 2. The Hall–Kier alpha value is -2.28. The number of hydrogen-bond donors (Lipinski definition) is 5. The summed E-state index contributed by atoms with van der Waals surface area (Å²) in [6.07, 6.45) is 0.0151. The molecule has 0 spiro atoms. The molecule has 116 valence electrons. The number of phenols is 2. The maximum absolute atomic E-state index is 11.9. The zero-order valence-electron chi connectivity index (χ0n) is 12.0. The van der Waals surface area contributed by atoms with E-state index in [1.807, 2.05) is 0 Å². The van der Waals surface area contributed by atoms with E-state index in [1.54, 1.807) is 14.0 Å². The Bertz CT molecular complexity index is 518. The first kappa shape index (κ1) is 16.8. The van der Waals surface area contributed by atoms with Crippen molar-refractivity contribution in [3.63, 3.8) is 0 Å². The minimum atomic E-state index is -1.16. The monoisotopic (exact) mass is 296 g/mol. The summed E-state index contributed by atoms with van der Waals surface area (Å²) in [5.41, 5.74) is 0.499. The molecule has 2 unspecified atom stereocenters. The molecule has 0 aliphatic carbocycles. The Labute approximate surface area is 122 Å². The molecular formula is C14H20N2O5. The molecule has 1 amide bonds. The van der Waals surface area contributed by atoms with E-state index in [0.29, 0.717) is 12.1 Å². The standard InChI is InChI=1S/C14H20N2O5/c1-8(7-15-2)13(19)16-10(14(20)21)5-9-3-4-11(17)12(18)6-9/h3-4,6,8,10,15,17-18H,5,7H2,1-2H3,(H,16,19)(H,20,21). The van der Waals surface area contributed by atoms with Crippen LogP contribution in [0, 0.1) is 5.92 Å². The van der Waals surface area contributed by atoms with Gasteiger partial charge in [-0.15, -0.1) is 0 Å². The van der Waals surface area contributed by atoms with E-state index in [9.17, 15) is 24.9 Å². The van der Waals surface area contributed by atoms with Crippen LogP contribution in [0.4, 0.5) is 0 Å². The molecule has 0 aliphatic heterocycles. The third kappa shape index (κ3) is 4.96. The predicted molar refractivity (Wildman–Crippen MR) is 76.1 cm³/mol. The SMILES string of the molecule is CNCC(C)C(=O)NC(Cc1ccc(O)c(O)c1)C(=O)O. The maximum Gasteiger partial charge on any atom is 0.326 e. The lowest BCUT2D eigenvalue weighted by Crippen LogP contribution is -2.45. The molecule has 7 heteroatoms. The zero-order chi connectivity index (χ0) is 16.0. The van der Waals surface area contributed by atoms with Gasteiger partial charge in [0.25, 0.3) is 0 Å². The highest BCUT2D eigenvalue weighted by Gasteiger charge is 2.23. The van der Waals surface area contributed by atoms with Gasteiger partial charge in [-0.25, -0.2) is 4.79 Å². The van der Waals surface area contributed by atoms with Gasteiger partial charge in [0.1, 0.15) is 6.04 Å². The molecule has 0 aromatic heterocycles. The Morgan fingerprint density at radius 2 is 1.90 bits per heavy atom. The minimum absolute atomic E-state index is 0.0151. The van der Waals surface area contributed by atoms with Crippen LogP contribution in [0.5, 0.6) is 11.5 Å². The Morgan fingerprint density at radius 3 is 2.43 bits per heavy atom. The van der Waals surface area contributed by atoms with Crippen molar-refractivity contribution < 1.29 is 24.9 Å². The number of rotatable bonds is 7. The topological polar surface area (TPSA) is 119 Å². The molecule has 0 bridgehead atoms. The molecule has 1 aromatic carbocycles. The smallest absolute Gasteiger partial charge is 0.326 e. The van der Waals surface area contributed by atoms with Crippen LogP contribution in [-0.4, -0.2) is 46.8 Å². The third-order valence-corrected chi connectivity index (χ3v) is 3.05. The van der Waals surface area contributed by atoms with Crippen molar-refractivity contribution in [2.75, 3.05) is 13.6 Å². The van der Waals surface area contributed by atoms with Gasteiger partial charge < -0.3 is 26.0 Å². The number of benzene rings is 1. The Morgan fingerprint density at radius 1 is 1.24 bits per heavy atom. The second-order valence-corrected chi connectivity index (χ2v) is 4.89. The summed E-state index contributed by atoms with van der Waals surface area (Å²) in [7, 11) is 1.71. The molecule has 21 heavy (non-hydrogen) atoms. The van der Waals surface area contributed by atoms with Crippen molar-refractivity contribution in [1.82, 2.24) is 10.6 Å². The van der Waals surface area contributed by atoms with Gasteiger partial charge in [0.2, 0.25) is 5.91 Å². The molecule has 0 saturated carbocycles. The average Bonchev–Trinajstić information content (AvgIpc) is 2.42. The molecule has 7 nitrogen and oxygen atoms in total. The highest BCUT2D eigenvalue weighted by atomic mass is 16.4. The van der Waals surface area contributed by atoms with Gasteiger partial charge in [-0.05, 0) is 24.7 Å². The molecule has 0 heterocycles. The quantitative estimate of drug-likeness (QED) is 0.454. The summed E-state index contributed by atoms with van der Waals surface area (Å²) in [6.45, 7) is 2.13. The van der Waals surface area contributed by atoms with Crippen molar-refractivity contribution in [2.45, 2.75) is 19.4 Å². The number of hydrogen-bond acceptors (Lipinski definition) is 5. The largest absolute Gasteiger partial charge is 0.504 e. The molecule has 0 aliphatic rings. The lowest BCUT2D eigenvalue weighted by Gasteiger charge is -2.18. The van der Waals surface area contributed by atoms with Crippen LogP contribution in [-0.2, 0) is 16.0 Å². The van der Waals surface area contributed by atoms with Gasteiger partial charge in [-0.1, -0.05) is 13.0 Å². The van der Waals surface area contributed by atoms with Crippen molar-refractivity contribution in [1.29, 1.82) is 0 Å². The fourth-order valence-electron chi connectivity index (χ4n) is 1.84. The Kier molecular flexibility index (Phi) is 5.98. The summed E-state index contributed by atoms with van der Waals surface area (Å²) in [5.74, 6) is -2.48. The minimum Gasteiger partial charge on any atom is -0.504 e. The van der Waals surface area contributed by atoms with Crippen molar-refractivity contribution in [3.05, 3.63) is 23.8 Å². The molecular weight excluding hydrogens is 276 g/mol. The number of carbonyl (C=O) groups excluding carboxylic acids is 1. The Balaban J connectivity index is 2.76. The van der Waals surface area contributed by atoms with Gasteiger partial charge in [0, 0.05) is 18.9 Å². The maximum atomic E-state index is 11.9. The van der Waals surface area contributed by atoms with Crippen molar-refractivity contribution in [3.8, 4) is 11.5 Å². The molecule has 0 fully saturated rings. The second kappa shape index (κ2) is 7.49. The third-order valence-electron chi connectivity index (χ3n) is 3.05. The number of carboxylic acid groups (broad SMARTS) is 1. The normalized spacial score (nSPS) is 13.4. The fourth-order valence-corrected chi connectivity index (χ4v) is 1.84. The first-order valence-corrected chi connectivity index (χ1v) is 6.53. The van der Waals surface area contributed by atoms with E-state index in [1.165, 1.54) is 18.2 Å². The van der Waals surface area contributed by atoms with Crippen LogP contribution in [0.3, 0.4) is 0 Å². The van der Waals surface area contributed by atoms with Gasteiger partial charge in [0.05, 0.1) is 0 Å². The molecule has 0 saturated heterocycles. The molecule has 0 radical (unpaired) electrons. The fraction of sp³-hybridized carbons (Fsp3) is 0.429. The number of carboxylic acids is 1. The van der Waals surface area contributed by atoms with Crippen LogP contribution >= 0.6 is 0 Å². The van der Waals surface area contributed by atoms with Crippen LogP contribution in [0.25, 0.3) is 0 Å². The van der Waals surface area contributed by atoms with E-state index < -0.39 is 12.0 Å². The summed E-state index contributed by atoms with van der Waals surface area (Å²) in [4.78, 5) is 23.1.